The average molecular weight is 482 g/mol. The van der Waals surface area contributed by atoms with Crippen molar-refractivity contribution in [2.45, 2.75) is 19.9 Å². The summed E-state index contributed by atoms with van der Waals surface area (Å²) >= 11 is 7.52. The normalized spacial score (nSPS) is 13.1. The maximum atomic E-state index is 12.8. The van der Waals surface area contributed by atoms with Crippen LogP contribution in [-0.4, -0.2) is 44.7 Å². The Morgan fingerprint density at radius 2 is 1.91 bits per heavy atom. The number of urea groups is 1. The van der Waals surface area contributed by atoms with Gasteiger partial charge in [-0.05, 0) is 55.5 Å². The first-order valence-electron chi connectivity index (χ1n) is 10.5. The Bertz CT molecular complexity index is 1330. The maximum Gasteiger partial charge on any atom is 0.338 e. The molecule has 1 N–H and O–H groups in total. The van der Waals surface area contributed by atoms with Gasteiger partial charge >= 0.3 is 12.0 Å². The van der Waals surface area contributed by atoms with Crippen molar-refractivity contribution in [2.24, 2.45) is 0 Å². The van der Waals surface area contributed by atoms with Crippen molar-refractivity contribution < 1.29 is 14.3 Å². The molecule has 0 saturated heterocycles. The molecule has 0 radical (unpaired) electrons. The van der Waals surface area contributed by atoms with E-state index in [-0.39, 0.29) is 12.0 Å². The molecule has 5 rings (SSSR count). The summed E-state index contributed by atoms with van der Waals surface area (Å²) in [5, 5.41) is 8.24. The number of nitrogens with one attached hydrogen (secondary N) is 1. The molecular weight excluding hydrogens is 462 g/mol. The number of nitrogens with zero attached hydrogens (tertiary/aromatic N) is 4. The highest BCUT2D eigenvalue weighted by molar-refractivity contribution is 7.17. The number of rotatable bonds is 4. The van der Waals surface area contributed by atoms with Gasteiger partial charge in [-0.2, -0.15) is 4.98 Å². The first-order valence-corrected chi connectivity index (χ1v) is 11.7. The van der Waals surface area contributed by atoms with Gasteiger partial charge in [0.15, 0.2) is 5.82 Å². The van der Waals surface area contributed by atoms with E-state index in [1.807, 2.05) is 28.8 Å². The zero-order valence-corrected chi connectivity index (χ0v) is 19.3. The smallest absolute Gasteiger partial charge is 0.338 e. The minimum atomic E-state index is -0.380. The fourth-order valence-corrected chi connectivity index (χ4v) is 4.93. The second-order valence-electron chi connectivity index (χ2n) is 7.51. The predicted octanol–water partition coefficient (Wildman–Crippen LogP) is 4.88. The Hall–Kier alpha value is -3.43. The average Bonchev–Trinajstić information content (AvgIpc) is 3.38. The molecule has 33 heavy (non-hydrogen) atoms. The number of thiazole rings is 1. The number of fused-ring (bicyclic) bond motifs is 3. The lowest BCUT2D eigenvalue weighted by atomic mass is 10.2. The van der Waals surface area contributed by atoms with Crippen molar-refractivity contribution in [3.05, 3.63) is 69.7 Å². The molecule has 0 fully saturated rings. The molecule has 0 saturated carbocycles. The number of anilines is 1. The largest absolute Gasteiger partial charge is 0.462 e. The molecule has 4 aromatic rings. The standard InChI is InChI=1S/C23H20ClN5O3S/c1-2-32-21(30)15-5-9-17(10-6-15)25-22(31)28-12-11-18-19(13-28)33-23-26-20(27-29(18)23)14-3-7-16(24)8-4-14/h3-10H,2,11-13H2,1H3,(H,25,31). The maximum absolute atomic E-state index is 12.8. The molecule has 10 heteroatoms. The number of carbonyl (C=O) groups is 2. The minimum absolute atomic E-state index is 0.189. The van der Waals surface area contributed by atoms with Crippen LogP contribution in [-0.2, 0) is 17.7 Å². The van der Waals surface area contributed by atoms with Crippen LogP contribution in [0.3, 0.4) is 0 Å². The monoisotopic (exact) mass is 481 g/mol. The number of ether oxygens (including phenoxy) is 1. The number of amides is 2. The van der Waals surface area contributed by atoms with Gasteiger partial charge in [-0.25, -0.2) is 14.1 Å². The van der Waals surface area contributed by atoms with Crippen molar-refractivity contribution >= 4 is 45.6 Å². The molecule has 1 aliphatic heterocycles. The van der Waals surface area contributed by atoms with E-state index in [4.69, 9.17) is 16.3 Å². The van der Waals surface area contributed by atoms with E-state index in [9.17, 15) is 9.59 Å². The summed E-state index contributed by atoms with van der Waals surface area (Å²) in [6.07, 6.45) is 0.688. The summed E-state index contributed by atoms with van der Waals surface area (Å²) < 4.78 is 6.86. The van der Waals surface area contributed by atoms with Crippen LogP contribution >= 0.6 is 22.9 Å². The minimum Gasteiger partial charge on any atom is -0.462 e. The number of benzene rings is 2. The van der Waals surface area contributed by atoms with Crippen molar-refractivity contribution in [1.82, 2.24) is 19.5 Å². The molecule has 2 aromatic carbocycles. The second-order valence-corrected chi connectivity index (χ2v) is 9.01. The van der Waals surface area contributed by atoms with Gasteiger partial charge in [0.2, 0.25) is 4.96 Å². The Labute approximate surface area is 198 Å². The third-order valence-corrected chi connectivity index (χ3v) is 6.67. The van der Waals surface area contributed by atoms with E-state index in [0.717, 1.165) is 21.1 Å². The van der Waals surface area contributed by atoms with Crippen LogP contribution in [0.1, 0.15) is 27.9 Å². The lowest BCUT2D eigenvalue weighted by Gasteiger charge is -2.26. The van der Waals surface area contributed by atoms with Crippen LogP contribution < -0.4 is 5.32 Å². The summed E-state index contributed by atoms with van der Waals surface area (Å²) in [7, 11) is 0. The van der Waals surface area contributed by atoms with Gasteiger partial charge in [-0.15, -0.1) is 5.10 Å². The van der Waals surface area contributed by atoms with E-state index in [2.05, 4.69) is 15.4 Å². The Balaban J connectivity index is 1.28. The number of halogens is 1. The highest BCUT2D eigenvalue weighted by atomic mass is 35.5. The Morgan fingerprint density at radius 1 is 1.15 bits per heavy atom. The molecule has 0 bridgehead atoms. The van der Waals surface area contributed by atoms with Crippen LogP contribution in [0.25, 0.3) is 16.3 Å². The van der Waals surface area contributed by atoms with Gasteiger partial charge < -0.3 is 15.0 Å². The van der Waals surface area contributed by atoms with E-state index in [0.29, 0.717) is 48.2 Å². The predicted molar refractivity (Wildman–Crippen MR) is 127 cm³/mol. The third-order valence-electron chi connectivity index (χ3n) is 5.36. The van der Waals surface area contributed by atoms with Gasteiger partial charge in [-0.3, -0.25) is 0 Å². The summed E-state index contributed by atoms with van der Waals surface area (Å²) in [5.74, 6) is 0.279. The zero-order chi connectivity index (χ0) is 22.9. The van der Waals surface area contributed by atoms with Gasteiger partial charge in [0.05, 0.1) is 24.4 Å². The summed E-state index contributed by atoms with van der Waals surface area (Å²) in [5.41, 5.74) is 3.07. The summed E-state index contributed by atoms with van der Waals surface area (Å²) in [4.78, 5) is 32.9. The van der Waals surface area contributed by atoms with Crippen LogP contribution in [0.2, 0.25) is 5.02 Å². The van der Waals surface area contributed by atoms with Crippen LogP contribution in [0.15, 0.2) is 48.5 Å². The van der Waals surface area contributed by atoms with E-state index in [1.165, 1.54) is 0 Å². The van der Waals surface area contributed by atoms with Crippen molar-refractivity contribution in [2.75, 3.05) is 18.5 Å². The van der Waals surface area contributed by atoms with E-state index < -0.39 is 0 Å². The molecule has 8 nitrogen and oxygen atoms in total. The van der Waals surface area contributed by atoms with E-state index in [1.54, 1.807) is 47.4 Å². The van der Waals surface area contributed by atoms with Crippen molar-refractivity contribution in [3.8, 4) is 11.4 Å². The highest BCUT2D eigenvalue weighted by Gasteiger charge is 2.26. The third kappa shape index (κ3) is 4.29. The molecule has 1 aliphatic rings. The molecule has 0 spiro atoms. The topological polar surface area (TPSA) is 88.8 Å². The van der Waals surface area contributed by atoms with Gasteiger partial charge in [0, 0.05) is 34.1 Å². The fourth-order valence-electron chi connectivity index (χ4n) is 3.69. The highest BCUT2D eigenvalue weighted by Crippen LogP contribution is 2.30. The fraction of sp³-hybridized carbons (Fsp3) is 0.217. The molecule has 2 aromatic heterocycles. The zero-order valence-electron chi connectivity index (χ0n) is 17.7. The molecule has 0 unspecified atom stereocenters. The number of aromatic nitrogens is 3. The van der Waals surface area contributed by atoms with Crippen LogP contribution in [0.4, 0.5) is 10.5 Å². The van der Waals surface area contributed by atoms with Gasteiger partial charge in [-0.1, -0.05) is 22.9 Å². The Morgan fingerprint density at radius 3 is 2.64 bits per heavy atom. The molecule has 0 atom stereocenters. The van der Waals surface area contributed by atoms with Crippen molar-refractivity contribution in [1.29, 1.82) is 0 Å². The van der Waals surface area contributed by atoms with Gasteiger partial charge in [0.1, 0.15) is 0 Å². The number of hydrogen-bond donors (Lipinski definition) is 1. The van der Waals surface area contributed by atoms with Crippen LogP contribution in [0, 0.1) is 0 Å². The lowest BCUT2D eigenvalue weighted by molar-refractivity contribution is 0.0526. The van der Waals surface area contributed by atoms with E-state index >= 15 is 0 Å². The molecule has 0 aliphatic carbocycles. The van der Waals surface area contributed by atoms with Crippen LogP contribution in [0.5, 0.6) is 0 Å². The first-order chi connectivity index (χ1) is 16.0. The van der Waals surface area contributed by atoms with Gasteiger partial charge in [0.25, 0.3) is 0 Å². The second kappa shape index (κ2) is 8.84. The first kappa shape index (κ1) is 21.4. The molecule has 3 heterocycles. The number of carbonyl (C=O) groups excluding carboxylic acids is 2. The SMILES string of the molecule is CCOC(=O)c1ccc(NC(=O)N2CCc3c(sc4nc(-c5ccc(Cl)cc5)nn34)C2)cc1. The quantitative estimate of drug-likeness (QED) is 0.420. The molecule has 168 valence electrons. The lowest BCUT2D eigenvalue weighted by Crippen LogP contribution is -2.38. The van der Waals surface area contributed by atoms with Crippen molar-refractivity contribution in [3.63, 3.8) is 0 Å². The summed E-state index contributed by atoms with van der Waals surface area (Å²) in [6, 6.07) is 13.9. The Kier molecular flexibility index (Phi) is 5.74. The molecule has 2 amide bonds. The summed E-state index contributed by atoms with van der Waals surface area (Å²) in [6.45, 7) is 3.14. The number of esters is 1. The molecular formula is C23H20ClN5O3S. The number of hydrogen-bond acceptors (Lipinski definition) is 6.